The maximum atomic E-state index is 13.1. The third-order valence-electron chi connectivity index (χ3n) is 9.68. The molecular weight excluding hydrogens is 604 g/mol. The number of benzene rings is 3. The van der Waals surface area contributed by atoms with Gasteiger partial charge in [-0.15, -0.1) is 0 Å². The number of aromatic nitrogens is 2. The average molecular weight is 641 g/mol. The molecule has 0 atom stereocenters. The van der Waals surface area contributed by atoms with E-state index in [2.05, 4.69) is 29.4 Å². The summed E-state index contributed by atoms with van der Waals surface area (Å²) in [7, 11) is 0. The van der Waals surface area contributed by atoms with Gasteiger partial charge in [-0.05, 0) is 77.9 Å². The Bertz CT molecular complexity index is 1620. The van der Waals surface area contributed by atoms with Crippen molar-refractivity contribution < 1.29 is 23.7 Å². The summed E-state index contributed by atoms with van der Waals surface area (Å²) in [6, 6.07) is 26.3. The fourth-order valence-electron chi connectivity index (χ4n) is 7.16. The molecule has 3 aromatic carbocycles. The van der Waals surface area contributed by atoms with Crippen LogP contribution >= 0.6 is 11.6 Å². The van der Waals surface area contributed by atoms with Crippen LogP contribution < -0.4 is 0 Å². The summed E-state index contributed by atoms with van der Waals surface area (Å²) in [5.74, 6) is 1.64. The van der Waals surface area contributed by atoms with Crippen LogP contribution in [-0.4, -0.2) is 57.3 Å². The molecule has 2 amide bonds. The van der Waals surface area contributed by atoms with E-state index in [0.717, 1.165) is 44.1 Å². The quantitative estimate of drug-likeness (QED) is 0.109. The highest BCUT2D eigenvalue weighted by molar-refractivity contribution is 6.62. The summed E-state index contributed by atoms with van der Waals surface area (Å²) in [6.07, 6.45) is 4.29. The normalized spacial score (nSPS) is 19.8. The third-order valence-corrected chi connectivity index (χ3v) is 9.84. The maximum Gasteiger partial charge on any atom is 0.409 e. The van der Waals surface area contributed by atoms with Crippen molar-refractivity contribution in [1.82, 2.24) is 20.1 Å². The van der Waals surface area contributed by atoms with Gasteiger partial charge in [0, 0.05) is 30.8 Å². The Hall–Kier alpha value is -4.21. The first-order valence-corrected chi connectivity index (χ1v) is 16.5. The molecule has 0 bridgehead atoms. The summed E-state index contributed by atoms with van der Waals surface area (Å²) in [6.45, 7) is 1.76. The van der Waals surface area contributed by atoms with Crippen molar-refractivity contribution in [3.63, 3.8) is 0 Å². The Morgan fingerprint density at radius 3 is 2.11 bits per heavy atom. The topological polar surface area (TPSA) is 98.0 Å². The smallest absolute Gasteiger partial charge is 0.409 e. The summed E-state index contributed by atoms with van der Waals surface area (Å²) in [4.78, 5) is 37.6. The van der Waals surface area contributed by atoms with Gasteiger partial charge in [-0.1, -0.05) is 84.0 Å². The largest absolute Gasteiger partial charge is 0.448 e. The summed E-state index contributed by atoms with van der Waals surface area (Å²) in [5, 5.41) is 5.04. The number of ether oxygens (including phenoxy) is 1. The molecule has 7 rings (SSSR count). The maximum absolute atomic E-state index is 13.1. The van der Waals surface area contributed by atoms with E-state index < -0.39 is 5.37 Å². The van der Waals surface area contributed by atoms with Crippen LogP contribution in [0.5, 0.6) is 0 Å². The van der Waals surface area contributed by atoms with Gasteiger partial charge in [0.15, 0.2) is 5.82 Å². The molecule has 0 N–H and O–H groups in total. The molecule has 1 saturated heterocycles. The van der Waals surface area contributed by atoms with E-state index in [4.69, 9.17) is 30.7 Å². The van der Waals surface area contributed by atoms with Gasteiger partial charge in [-0.3, -0.25) is 9.63 Å². The fraction of sp³-hybridized carbons (Fsp3) is 0.389. The SMILES string of the molecule is O=C(OCC1c2ccccc2-c2ccccc21)N1CCC(c2nc(C3CCC(N(OCc4ccccc4)C(=O)Cl)CC3)no2)CC1. The summed E-state index contributed by atoms with van der Waals surface area (Å²) in [5.41, 5.74) is 5.82. The summed E-state index contributed by atoms with van der Waals surface area (Å²) < 4.78 is 11.6. The standard InChI is InChI=1S/C36H37ClN4O5/c37-35(42)41(45-22-24-8-2-1-3-9-24)27-16-14-25(15-17-27)33-38-34(46-39-33)26-18-20-40(21-19-26)36(43)44-23-32-30-12-6-4-10-28(30)29-11-5-7-13-31(29)32/h1-13,25-27,32H,14-23H2. The average Bonchev–Trinajstić information content (AvgIpc) is 3.72. The van der Waals surface area contributed by atoms with Gasteiger partial charge in [0.1, 0.15) is 13.2 Å². The molecule has 2 aliphatic carbocycles. The minimum Gasteiger partial charge on any atom is -0.448 e. The van der Waals surface area contributed by atoms with Gasteiger partial charge >= 0.3 is 11.5 Å². The highest BCUT2D eigenvalue weighted by Crippen LogP contribution is 2.44. The molecule has 0 unspecified atom stereocenters. The zero-order valence-corrected chi connectivity index (χ0v) is 26.4. The molecule has 1 aliphatic heterocycles. The first-order chi connectivity index (χ1) is 22.5. The second-order valence-corrected chi connectivity index (χ2v) is 12.7. The molecule has 238 valence electrons. The van der Waals surface area contributed by atoms with Crippen LogP contribution in [0.4, 0.5) is 9.59 Å². The predicted molar refractivity (Wildman–Crippen MR) is 172 cm³/mol. The number of rotatable bonds is 8. The van der Waals surface area contributed by atoms with E-state index in [1.807, 2.05) is 54.6 Å². The molecule has 1 saturated carbocycles. The Kier molecular flexibility index (Phi) is 9.03. The number of halogens is 1. The lowest BCUT2D eigenvalue weighted by atomic mass is 9.85. The van der Waals surface area contributed by atoms with Crippen molar-refractivity contribution in [2.24, 2.45) is 0 Å². The molecule has 1 aromatic heterocycles. The monoisotopic (exact) mass is 640 g/mol. The Balaban J connectivity index is 0.884. The van der Waals surface area contributed by atoms with E-state index in [0.29, 0.717) is 31.4 Å². The molecule has 2 heterocycles. The second-order valence-electron chi connectivity index (χ2n) is 12.4. The Morgan fingerprint density at radius 2 is 1.46 bits per heavy atom. The van der Waals surface area contributed by atoms with Crippen LogP contribution in [0.1, 0.15) is 84.7 Å². The number of hydrogen-bond acceptors (Lipinski definition) is 7. The lowest BCUT2D eigenvalue weighted by Crippen LogP contribution is -2.39. The number of carbonyl (C=O) groups excluding carboxylic acids is 2. The van der Waals surface area contributed by atoms with Crippen LogP contribution in [0.2, 0.25) is 0 Å². The molecule has 2 fully saturated rings. The van der Waals surface area contributed by atoms with Crippen molar-refractivity contribution in [2.75, 3.05) is 19.7 Å². The number of fused-ring (bicyclic) bond motifs is 3. The molecule has 9 nitrogen and oxygen atoms in total. The van der Waals surface area contributed by atoms with Crippen LogP contribution in [-0.2, 0) is 16.2 Å². The molecule has 10 heteroatoms. The van der Waals surface area contributed by atoms with Crippen LogP contribution in [0.3, 0.4) is 0 Å². The zero-order chi connectivity index (χ0) is 31.5. The lowest BCUT2D eigenvalue weighted by molar-refractivity contribution is -0.154. The van der Waals surface area contributed by atoms with E-state index in [1.54, 1.807) is 4.90 Å². The van der Waals surface area contributed by atoms with Crippen molar-refractivity contribution in [2.45, 2.75) is 68.9 Å². The van der Waals surface area contributed by atoms with E-state index in [1.165, 1.54) is 27.3 Å². The van der Waals surface area contributed by atoms with Gasteiger partial charge in [-0.25, -0.2) is 9.86 Å². The number of likely N-dealkylation sites (tertiary alicyclic amines) is 1. The highest BCUT2D eigenvalue weighted by atomic mass is 35.5. The van der Waals surface area contributed by atoms with Gasteiger partial charge in [-0.2, -0.15) is 4.98 Å². The molecule has 0 spiro atoms. The first-order valence-electron chi connectivity index (χ1n) is 16.1. The van der Waals surface area contributed by atoms with Crippen LogP contribution in [0.25, 0.3) is 11.1 Å². The van der Waals surface area contributed by atoms with Gasteiger partial charge in [0.25, 0.3) is 0 Å². The fourth-order valence-corrected chi connectivity index (χ4v) is 7.35. The number of piperidine rings is 1. The number of carbonyl (C=O) groups is 2. The summed E-state index contributed by atoms with van der Waals surface area (Å²) >= 11 is 5.89. The Labute approximate surface area is 273 Å². The highest BCUT2D eigenvalue weighted by Gasteiger charge is 2.34. The molecule has 4 aromatic rings. The van der Waals surface area contributed by atoms with Crippen LogP contribution in [0.15, 0.2) is 83.4 Å². The third kappa shape index (κ3) is 6.39. The van der Waals surface area contributed by atoms with Crippen LogP contribution in [0, 0.1) is 0 Å². The van der Waals surface area contributed by atoms with Gasteiger partial charge in [0.2, 0.25) is 5.89 Å². The first kappa shape index (κ1) is 30.4. The molecular formula is C36H37ClN4O5. The molecule has 46 heavy (non-hydrogen) atoms. The minimum absolute atomic E-state index is 0.0427. The van der Waals surface area contributed by atoms with Crippen molar-refractivity contribution >= 4 is 23.1 Å². The van der Waals surface area contributed by atoms with E-state index in [9.17, 15) is 9.59 Å². The van der Waals surface area contributed by atoms with Gasteiger partial charge in [0.05, 0.1) is 6.04 Å². The lowest BCUT2D eigenvalue weighted by Gasteiger charge is -2.33. The predicted octanol–water partition coefficient (Wildman–Crippen LogP) is 8.02. The van der Waals surface area contributed by atoms with Crippen molar-refractivity contribution in [1.29, 1.82) is 0 Å². The Morgan fingerprint density at radius 1 is 0.826 bits per heavy atom. The number of nitrogens with zero attached hydrogens (tertiary/aromatic N) is 4. The number of amides is 2. The molecule has 3 aliphatic rings. The van der Waals surface area contributed by atoms with Crippen molar-refractivity contribution in [3.05, 3.63) is 107 Å². The second kappa shape index (κ2) is 13.6. The van der Waals surface area contributed by atoms with Gasteiger partial charge < -0.3 is 14.2 Å². The zero-order valence-electron chi connectivity index (χ0n) is 25.6. The van der Waals surface area contributed by atoms with E-state index in [-0.39, 0.29) is 36.5 Å². The van der Waals surface area contributed by atoms with Crippen molar-refractivity contribution in [3.8, 4) is 11.1 Å². The van der Waals surface area contributed by atoms with E-state index >= 15 is 0 Å². The number of hydroxylamine groups is 2. The minimum atomic E-state index is -0.606. The number of hydrogen-bond donors (Lipinski definition) is 0. The molecule has 0 radical (unpaired) electrons.